The van der Waals surface area contributed by atoms with Gasteiger partial charge in [0.25, 0.3) is 0 Å². The first kappa shape index (κ1) is 13.0. The van der Waals surface area contributed by atoms with Crippen molar-refractivity contribution < 1.29 is 13.2 Å². The molecule has 0 amide bonds. The Kier molecular flexibility index (Phi) is 3.36. The Labute approximate surface area is 104 Å². The molecule has 3 N–H and O–H groups in total. The van der Waals surface area contributed by atoms with E-state index in [0.717, 1.165) is 31.4 Å². The van der Waals surface area contributed by atoms with E-state index in [-0.39, 0.29) is 17.7 Å². The second kappa shape index (κ2) is 4.66. The molecule has 0 aromatic carbocycles. The zero-order valence-electron chi connectivity index (χ0n) is 10.1. The minimum atomic E-state index is -4.39. The van der Waals surface area contributed by atoms with E-state index < -0.39 is 11.7 Å². The van der Waals surface area contributed by atoms with Crippen molar-refractivity contribution in [3.05, 3.63) is 17.7 Å². The smallest absolute Gasteiger partial charge is 0.384 e. The number of hydrogen-bond acceptors (Lipinski definition) is 3. The Bertz CT molecular complexity index is 431. The average molecular weight is 259 g/mol. The number of nitrogens with zero attached hydrogens (tertiary/aromatic N) is 1. The largest absolute Gasteiger partial charge is 0.416 e. The molecule has 2 rings (SSSR count). The molecule has 1 saturated carbocycles. The Morgan fingerprint density at radius 3 is 2.61 bits per heavy atom. The molecule has 1 fully saturated rings. The van der Waals surface area contributed by atoms with Gasteiger partial charge in [-0.2, -0.15) is 13.2 Å². The number of aromatic nitrogens is 1. The Balaban J connectivity index is 2.20. The molecule has 1 aromatic heterocycles. The molecule has 3 nitrogen and oxygen atoms in total. The number of nitrogens with one attached hydrogen (secondary N) is 1. The first-order valence-electron chi connectivity index (χ1n) is 5.97. The molecule has 100 valence electrons. The van der Waals surface area contributed by atoms with Crippen LogP contribution in [-0.4, -0.2) is 11.0 Å². The SMILES string of the molecule is CC1CCCC1Nc1cc(C(F)(F)F)cc(N)n1. The third-order valence-electron chi connectivity index (χ3n) is 3.37. The highest BCUT2D eigenvalue weighted by molar-refractivity contribution is 5.48. The number of halogens is 3. The lowest BCUT2D eigenvalue weighted by Gasteiger charge is -2.19. The fourth-order valence-electron chi connectivity index (χ4n) is 2.34. The van der Waals surface area contributed by atoms with E-state index in [2.05, 4.69) is 17.2 Å². The van der Waals surface area contributed by atoms with Crippen LogP contribution in [0, 0.1) is 5.92 Å². The third kappa shape index (κ3) is 2.86. The molecule has 1 aromatic rings. The molecule has 0 spiro atoms. The van der Waals surface area contributed by atoms with Gasteiger partial charge in [0.1, 0.15) is 11.6 Å². The summed E-state index contributed by atoms with van der Waals surface area (Å²) in [5.74, 6) is 0.543. The molecule has 1 aliphatic rings. The van der Waals surface area contributed by atoms with Crippen LogP contribution in [-0.2, 0) is 6.18 Å². The maximum atomic E-state index is 12.6. The van der Waals surface area contributed by atoms with Crippen molar-refractivity contribution in [1.29, 1.82) is 0 Å². The van der Waals surface area contributed by atoms with Gasteiger partial charge in [-0.3, -0.25) is 0 Å². The van der Waals surface area contributed by atoms with Crippen molar-refractivity contribution in [2.45, 2.75) is 38.4 Å². The fourth-order valence-corrected chi connectivity index (χ4v) is 2.34. The molecule has 0 aliphatic heterocycles. The number of pyridine rings is 1. The van der Waals surface area contributed by atoms with Gasteiger partial charge in [-0.05, 0) is 30.9 Å². The van der Waals surface area contributed by atoms with Crippen molar-refractivity contribution >= 4 is 11.6 Å². The normalized spacial score (nSPS) is 24.2. The molecule has 2 atom stereocenters. The lowest BCUT2D eigenvalue weighted by atomic mass is 10.1. The predicted octanol–water partition coefficient (Wildman–Crippen LogP) is 3.28. The van der Waals surface area contributed by atoms with Crippen LogP contribution in [0.1, 0.15) is 31.7 Å². The van der Waals surface area contributed by atoms with Gasteiger partial charge in [-0.15, -0.1) is 0 Å². The summed E-state index contributed by atoms with van der Waals surface area (Å²) in [6, 6.07) is 2.05. The van der Waals surface area contributed by atoms with Gasteiger partial charge in [0.2, 0.25) is 0 Å². The van der Waals surface area contributed by atoms with Crippen LogP contribution < -0.4 is 11.1 Å². The summed E-state index contributed by atoms with van der Waals surface area (Å²) >= 11 is 0. The second-order valence-electron chi connectivity index (χ2n) is 4.82. The van der Waals surface area contributed by atoms with Crippen LogP contribution in [0.4, 0.5) is 24.8 Å². The molecule has 0 radical (unpaired) electrons. The maximum absolute atomic E-state index is 12.6. The van der Waals surface area contributed by atoms with E-state index in [9.17, 15) is 13.2 Å². The molecular weight excluding hydrogens is 243 g/mol. The third-order valence-corrected chi connectivity index (χ3v) is 3.37. The van der Waals surface area contributed by atoms with Crippen LogP contribution in [0.25, 0.3) is 0 Å². The fraction of sp³-hybridized carbons (Fsp3) is 0.583. The van der Waals surface area contributed by atoms with Crippen molar-refractivity contribution in [1.82, 2.24) is 4.98 Å². The molecular formula is C12H16F3N3. The Morgan fingerprint density at radius 2 is 2.06 bits per heavy atom. The van der Waals surface area contributed by atoms with Crippen LogP contribution in [0.15, 0.2) is 12.1 Å². The van der Waals surface area contributed by atoms with Crippen molar-refractivity contribution in [2.24, 2.45) is 5.92 Å². The standard InChI is InChI=1S/C12H16F3N3/c1-7-3-2-4-9(7)17-11-6-8(12(13,14)15)5-10(16)18-11/h5-7,9H,2-4H2,1H3,(H3,16,17,18). The second-order valence-corrected chi connectivity index (χ2v) is 4.82. The first-order valence-corrected chi connectivity index (χ1v) is 5.97. The highest BCUT2D eigenvalue weighted by Crippen LogP contribution is 2.33. The summed E-state index contributed by atoms with van der Waals surface area (Å²) in [6.45, 7) is 2.08. The molecule has 18 heavy (non-hydrogen) atoms. The van der Waals surface area contributed by atoms with Gasteiger partial charge in [-0.25, -0.2) is 4.98 Å². The zero-order valence-corrected chi connectivity index (χ0v) is 10.1. The Hall–Kier alpha value is -1.46. The van der Waals surface area contributed by atoms with E-state index >= 15 is 0 Å². The van der Waals surface area contributed by atoms with E-state index in [4.69, 9.17) is 5.73 Å². The van der Waals surface area contributed by atoms with Crippen LogP contribution in [0.2, 0.25) is 0 Å². The molecule has 2 unspecified atom stereocenters. The summed E-state index contributed by atoms with van der Waals surface area (Å²) in [7, 11) is 0. The quantitative estimate of drug-likeness (QED) is 0.857. The van der Waals surface area contributed by atoms with Crippen LogP contribution in [0.3, 0.4) is 0 Å². The van der Waals surface area contributed by atoms with Crippen LogP contribution in [0.5, 0.6) is 0 Å². The van der Waals surface area contributed by atoms with E-state index in [1.54, 1.807) is 0 Å². The Morgan fingerprint density at radius 1 is 1.33 bits per heavy atom. The predicted molar refractivity (Wildman–Crippen MR) is 64.1 cm³/mol. The number of anilines is 2. The molecule has 6 heteroatoms. The number of alkyl halides is 3. The zero-order chi connectivity index (χ0) is 13.3. The number of nitrogens with two attached hydrogens (primary N) is 1. The monoisotopic (exact) mass is 259 g/mol. The van der Waals surface area contributed by atoms with Gasteiger partial charge in [0.15, 0.2) is 0 Å². The summed E-state index contributed by atoms with van der Waals surface area (Å²) in [4.78, 5) is 3.91. The van der Waals surface area contributed by atoms with Gasteiger partial charge in [0, 0.05) is 6.04 Å². The maximum Gasteiger partial charge on any atom is 0.416 e. The first-order chi connectivity index (χ1) is 8.36. The summed E-state index contributed by atoms with van der Waals surface area (Å²) in [5.41, 5.74) is 4.65. The molecule has 0 bridgehead atoms. The van der Waals surface area contributed by atoms with Gasteiger partial charge >= 0.3 is 6.18 Å². The van der Waals surface area contributed by atoms with Gasteiger partial charge < -0.3 is 11.1 Å². The van der Waals surface area contributed by atoms with Crippen molar-refractivity contribution in [3.8, 4) is 0 Å². The van der Waals surface area contributed by atoms with Gasteiger partial charge in [0.05, 0.1) is 5.56 Å². The highest BCUT2D eigenvalue weighted by Gasteiger charge is 2.32. The molecule has 1 heterocycles. The van der Waals surface area contributed by atoms with Crippen LogP contribution >= 0.6 is 0 Å². The van der Waals surface area contributed by atoms with E-state index in [0.29, 0.717) is 5.92 Å². The van der Waals surface area contributed by atoms with Gasteiger partial charge in [-0.1, -0.05) is 13.3 Å². The van der Waals surface area contributed by atoms with Crippen molar-refractivity contribution in [2.75, 3.05) is 11.1 Å². The molecule has 0 saturated heterocycles. The summed E-state index contributed by atoms with van der Waals surface area (Å²) < 4.78 is 37.9. The lowest BCUT2D eigenvalue weighted by Crippen LogP contribution is -2.23. The van der Waals surface area contributed by atoms with E-state index in [1.807, 2.05) is 0 Å². The average Bonchev–Trinajstić information content (AvgIpc) is 2.62. The summed E-state index contributed by atoms with van der Waals surface area (Å²) in [6.07, 6.45) is -1.26. The highest BCUT2D eigenvalue weighted by atomic mass is 19.4. The molecule has 1 aliphatic carbocycles. The topological polar surface area (TPSA) is 50.9 Å². The van der Waals surface area contributed by atoms with E-state index in [1.165, 1.54) is 0 Å². The lowest BCUT2D eigenvalue weighted by molar-refractivity contribution is -0.137. The minimum Gasteiger partial charge on any atom is -0.384 e. The number of nitrogen functional groups attached to an aromatic ring is 1. The number of hydrogen-bond donors (Lipinski definition) is 2. The minimum absolute atomic E-state index is 0.113. The summed E-state index contributed by atoms with van der Waals surface area (Å²) in [5, 5.41) is 3.05. The number of rotatable bonds is 2. The van der Waals surface area contributed by atoms with Crippen molar-refractivity contribution in [3.63, 3.8) is 0 Å².